The van der Waals surface area contributed by atoms with Crippen molar-refractivity contribution in [2.45, 2.75) is 12.5 Å². The third-order valence-electron chi connectivity index (χ3n) is 6.82. The molecule has 192 valence electrons. The van der Waals surface area contributed by atoms with Crippen molar-refractivity contribution in [2.75, 3.05) is 33.1 Å². The van der Waals surface area contributed by atoms with Crippen LogP contribution in [0, 0.1) is 0 Å². The maximum atomic E-state index is 13.0. The van der Waals surface area contributed by atoms with Crippen LogP contribution < -0.4 is 14.2 Å². The van der Waals surface area contributed by atoms with Gasteiger partial charge in [0.15, 0.2) is 11.5 Å². The summed E-state index contributed by atoms with van der Waals surface area (Å²) in [5.74, 6) is 0.442. The number of aromatic amines is 1. The minimum Gasteiger partial charge on any atom is -0.493 e. The van der Waals surface area contributed by atoms with Crippen LogP contribution >= 0.6 is 0 Å². The summed E-state index contributed by atoms with van der Waals surface area (Å²) in [6.45, 7) is 0.914. The number of carbonyl (C=O) groups is 1. The Hall–Kier alpha value is -3.82. The van der Waals surface area contributed by atoms with E-state index in [2.05, 4.69) is 14.6 Å². The van der Waals surface area contributed by atoms with Crippen LogP contribution in [0.25, 0.3) is 10.9 Å². The standard InChI is InChI=1S/C28H29N3O5S/c1-35-25-16-20-12-13-31(27(19-8-4-3-5-9-19)22(20)17-26(25)36-2)14-15-37(33,34)30-28(32)23-18-29-24-11-7-6-10-21(23)24/h3-11,16-18,27,29H,12-15H2,1-2H3,(H,30,32). The summed E-state index contributed by atoms with van der Waals surface area (Å²) in [7, 11) is -0.664. The molecule has 0 spiro atoms. The maximum absolute atomic E-state index is 13.0. The Balaban J connectivity index is 1.38. The lowest BCUT2D eigenvalue weighted by atomic mass is 9.87. The molecule has 0 bridgehead atoms. The second-order valence-corrected chi connectivity index (χ2v) is 10.8. The van der Waals surface area contributed by atoms with Crippen LogP contribution in [0.3, 0.4) is 0 Å². The summed E-state index contributed by atoms with van der Waals surface area (Å²) in [6, 6.07) is 21.1. The quantitative estimate of drug-likeness (QED) is 0.366. The molecule has 0 radical (unpaired) electrons. The summed E-state index contributed by atoms with van der Waals surface area (Å²) >= 11 is 0. The number of amides is 1. The van der Waals surface area contributed by atoms with Crippen molar-refractivity contribution in [1.29, 1.82) is 0 Å². The van der Waals surface area contributed by atoms with Crippen molar-refractivity contribution in [1.82, 2.24) is 14.6 Å². The van der Waals surface area contributed by atoms with Gasteiger partial charge in [0.1, 0.15) is 0 Å². The van der Waals surface area contributed by atoms with Gasteiger partial charge < -0.3 is 14.5 Å². The first kappa shape index (κ1) is 24.9. The molecule has 0 fully saturated rings. The molecule has 1 aliphatic heterocycles. The van der Waals surface area contributed by atoms with Gasteiger partial charge in [-0.15, -0.1) is 0 Å². The molecule has 1 unspecified atom stereocenters. The average molecular weight is 520 g/mol. The Morgan fingerprint density at radius 2 is 1.73 bits per heavy atom. The minimum absolute atomic E-state index is 0.163. The number of benzene rings is 3. The topological polar surface area (TPSA) is 101 Å². The number of methoxy groups -OCH3 is 2. The van der Waals surface area contributed by atoms with Crippen LogP contribution in [0.15, 0.2) is 72.9 Å². The van der Waals surface area contributed by atoms with Gasteiger partial charge in [-0.2, -0.15) is 0 Å². The third-order valence-corrected chi connectivity index (χ3v) is 8.03. The van der Waals surface area contributed by atoms with Crippen molar-refractivity contribution < 1.29 is 22.7 Å². The highest BCUT2D eigenvalue weighted by atomic mass is 32.2. The number of para-hydroxylation sites is 1. The SMILES string of the molecule is COc1cc2c(cc1OC)C(c1ccccc1)N(CCS(=O)(=O)NC(=O)c1c[nH]c3ccccc13)CC2. The number of carbonyl (C=O) groups excluding carboxylic acids is 1. The Morgan fingerprint density at radius 3 is 2.49 bits per heavy atom. The smallest absolute Gasteiger partial charge is 0.266 e. The zero-order valence-electron chi connectivity index (χ0n) is 20.7. The van der Waals surface area contributed by atoms with Gasteiger partial charge in [0.05, 0.1) is 31.6 Å². The Labute approximate surface area is 216 Å². The molecular formula is C28H29N3O5S. The van der Waals surface area contributed by atoms with Crippen LogP contribution in [-0.4, -0.2) is 57.3 Å². The molecule has 0 aliphatic carbocycles. The van der Waals surface area contributed by atoms with Gasteiger partial charge in [0, 0.05) is 30.2 Å². The molecule has 1 aliphatic rings. The molecule has 0 saturated heterocycles. The van der Waals surface area contributed by atoms with Crippen molar-refractivity contribution in [3.05, 3.63) is 95.2 Å². The fourth-order valence-corrected chi connectivity index (χ4v) is 5.98. The van der Waals surface area contributed by atoms with Crippen LogP contribution in [0.2, 0.25) is 0 Å². The molecule has 1 amide bonds. The van der Waals surface area contributed by atoms with Gasteiger partial charge in [-0.3, -0.25) is 9.69 Å². The molecule has 0 saturated carbocycles. The Morgan fingerprint density at radius 1 is 1.03 bits per heavy atom. The second-order valence-electron chi connectivity index (χ2n) is 9.00. The predicted molar refractivity (Wildman–Crippen MR) is 143 cm³/mol. The molecule has 2 heterocycles. The average Bonchev–Trinajstić information content (AvgIpc) is 3.35. The van der Waals surface area contributed by atoms with E-state index in [1.165, 1.54) is 6.20 Å². The van der Waals surface area contributed by atoms with E-state index in [-0.39, 0.29) is 18.3 Å². The number of rotatable bonds is 8. The molecule has 2 N–H and O–H groups in total. The normalized spacial score (nSPS) is 15.8. The number of fused-ring (bicyclic) bond motifs is 2. The number of H-pyrrole nitrogens is 1. The van der Waals surface area contributed by atoms with E-state index in [0.29, 0.717) is 29.0 Å². The molecule has 4 aromatic rings. The fraction of sp³-hybridized carbons (Fsp3) is 0.250. The predicted octanol–water partition coefficient (Wildman–Crippen LogP) is 3.89. The van der Waals surface area contributed by atoms with E-state index in [9.17, 15) is 13.2 Å². The molecule has 37 heavy (non-hydrogen) atoms. The number of sulfonamides is 1. The van der Waals surface area contributed by atoms with E-state index in [0.717, 1.165) is 28.6 Å². The molecule has 9 heteroatoms. The largest absolute Gasteiger partial charge is 0.493 e. The first-order valence-electron chi connectivity index (χ1n) is 12.0. The highest BCUT2D eigenvalue weighted by Gasteiger charge is 2.31. The van der Waals surface area contributed by atoms with E-state index < -0.39 is 15.9 Å². The van der Waals surface area contributed by atoms with Crippen molar-refractivity contribution in [3.63, 3.8) is 0 Å². The fourth-order valence-electron chi connectivity index (χ4n) is 5.01. The summed E-state index contributed by atoms with van der Waals surface area (Å²) in [5, 5.41) is 0.677. The van der Waals surface area contributed by atoms with Gasteiger partial charge in [0.25, 0.3) is 5.91 Å². The van der Waals surface area contributed by atoms with Crippen molar-refractivity contribution in [2.24, 2.45) is 0 Å². The van der Waals surface area contributed by atoms with Crippen LogP contribution in [-0.2, 0) is 16.4 Å². The molecule has 1 aromatic heterocycles. The van der Waals surface area contributed by atoms with Gasteiger partial charge in [-0.25, -0.2) is 13.1 Å². The third kappa shape index (κ3) is 5.05. The van der Waals surface area contributed by atoms with Crippen LogP contribution in [0.4, 0.5) is 0 Å². The van der Waals surface area contributed by atoms with E-state index in [1.807, 2.05) is 60.7 Å². The summed E-state index contributed by atoms with van der Waals surface area (Å²) in [6.07, 6.45) is 2.27. The number of nitrogens with zero attached hydrogens (tertiary/aromatic N) is 1. The van der Waals surface area contributed by atoms with Crippen LogP contribution in [0.5, 0.6) is 11.5 Å². The minimum atomic E-state index is -3.88. The van der Waals surface area contributed by atoms with E-state index in [1.54, 1.807) is 20.3 Å². The molecule has 1 atom stereocenters. The first-order chi connectivity index (χ1) is 17.9. The van der Waals surface area contributed by atoms with Gasteiger partial charge in [0.2, 0.25) is 10.0 Å². The van der Waals surface area contributed by atoms with Crippen LogP contribution in [0.1, 0.15) is 33.1 Å². The van der Waals surface area contributed by atoms with Gasteiger partial charge in [-0.05, 0) is 41.3 Å². The Bertz CT molecular complexity index is 1530. The molecular weight excluding hydrogens is 490 g/mol. The van der Waals surface area contributed by atoms with Crippen molar-refractivity contribution in [3.8, 4) is 11.5 Å². The zero-order chi connectivity index (χ0) is 26.0. The maximum Gasteiger partial charge on any atom is 0.266 e. The van der Waals surface area contributed by atoms with E-state index in [4.69, 9.17) is 9.47 Å². The molecule has 5 rings (SSSR count). The lowest BCUT2D eigenvalue weighted by Crippen LogP contribution is -2.42. The van der Waals surface area contributed by atoms with E-state index >= 15 is 0 Å². The summed E-state index contributed by atoms with van der Waals surface area (Å²) in [4.78, 5) is 18.0. The zero-order valence-corrected chi connectivity index (χ0v) is 21.5. The van der Waals surface area contributed by atoms with Crippen molar-refractivity contribution >= 4 is 26.8 Å². The summed E-state index contributed by atoms with van der Waals surface area (Å²) < 4.78 is 39.3. The van der Waals surface area contributed by atoms with Gasteiger partial charge >= 0.3 is 0 Å². The molecule has 8 nitrogen and oxygen atoms in total. The monoisotopic (exact) mass is 519 g/mol. The molecule has 3 aromatic carbocycles. The first-order valence-corrected chi connectivity index (χ1v) is 13.7. The lowest BCUT2D eigenvalue weighted by Gasteiger charge is -2.38. The second kappa shape index (κ2) is 10.3. The summed E-state index contributed by atoms with van der Waals surface area (Å²) in [5.41, 5.74) is 4.31. The number of ether oxygens (including phenoxy) is 2. The number of hydrogen-bond acceptors (Lipinski definition) is 6. The Kier molecular flexibility index (Phi) is 6.90. The lowest BCUT2D eigenvalue weighted by molar-refractivity contribution is 0.0983. The van der Waals surface area contributed by atoms with Gasteiger partial charge in [-0.1, -0.05) is 48.5 Å². The number of nitrogens with one attached hydrogen (secondary N) is 2. The number of hydrogen-bond donors (Lipinski definition) is 2. The number of aromatic nitrogens is 1. The highest BCUT2D eigenvalue weighted by Crippen LogP contribution is 2.40. The highest BCUT2D eigenvalue weighted by molar-refractivity contribution is 7.90.